The topological polar surface area (TPSA) is 88.4 Å². The van der Waals surface area contributed by atoms with Gasteiger partial charge in [0.25, 0.3) is 0 Å². The van der Waals surface area contributed by atoms with Gasteiger partial charge in [-0.05, 0) is 72.8 Å². The minimum atomic E-state index is -2.17. The van der Waals surface area contributed by atoms with Crippen molar-refractivity contribution in [2.24, 2.45) is 0 Å². The van der Waals surface area contributed by atoms with Gasteiger partial charge in [-0.3, -0.25) is 0 Å². The number of rotatable bonds is 6. The lowest BCUT2D eigenvalue weighted by atomic mass is 10.3. The Morgan fingerprint density at radius 2 is 0.372 bits per heavy atom. The van der Waals surface area contributed by atoms with Crippen LogP contribution in [0.2, 0.25) is 0 Å². The van der Waals surface area contributed by atoms with Gasteiger partial charge in [-0.1, -0.05) is 109 Å². The van der Waals surface area contributed by atoms with E-state index < -0.39 is 7.32 Å². The molecule has 43 heavy (non-hydrogen) atoms. The van der Waals surface area contributed by atoms with Crippen molar-refractivity contribution in [3.63, 3.8) is 0 Å². The Bertz CT molecular complexity index is 1190. The lowest BCUT2D eigenvalue weighted by Crippen LogP contribution is -2.07. The molecule has 0 atom stereocenters. The summed E-state index contributed by atoms with van der Waals surface area (Å²) in [6.45, 7) is 0. The second-order valence-corrected chi connectivity index (χ2v) is 8.53. The van der Waals surface area contributed by atoms with Gasteiger partial charge in [0.05, 0.1) is 0 Å². The summed E-state index contributed by atoms with van der Waals surface area (Å²) in [6.07, 6.45) is 0. The molecule has 6 aromatic rings. The van der Waals surface area contributed by atoms with E-state index in [-0.39, 0.29) is 0 Å². The molecule has 0 aliphatic rings. The zero-order valence-corrected chi connectivity index (χ0v) is 23.5. The fourth-order valence-corrected chi connectivity index (χ4v) is 3.34. The second-order valence-electron chi connectivity index (χ2n) is 8.53. The van der Waals surface area contributed by atoms with Crippen molar-refractivity contribution in [2.75, 3.05) is 0 Å². The van der Waals surface area contributed by atoms with Crippen LogP contribution in [0.15, 0.2) is 182 Å². The Morgan fingerprint density at radius 1 is 0.256 bits per heavy atom. The smallest absolute Gasteiger partial charge is 0.457 e. The third-order valence-electron chi connectivity index (χ3n) is 5.17. The van der Waals surface area contributed by atoms with Crippen LogP contribution in [0.4, 0.5) is 0 Å². The van der Waals surface area contributed by atoms with Crippen LogP contribution in [0.1, 0.15) is 0 Å². The van der Waals surface area contributed by atoms with Crippen molar-refractivity contribution in [2.45, 2.75) is 0 Å². The molecule has 0 amide bonds. The van der Waals surface area contributed by atoms with Gasteiger partial charge >= 0.3 is 7.32 Å². The van der Waals surface area contributed by atoms with Crippen LogP contribution in [-0.2, 0) is 0 Å². The molecular formula is C36H33BO6. The lowest BCUT2D eigenvalue weighted by Gasteiger charge is -2.03. The summed E-state index contributed by atoms with van der Waals surface area (Å²) in [7, 11) is -2.17. The van der Waals surface area contributed by atoms with E-state index in [1.54, 1.807) is 0 Å². The van der Waals surface area contributed by atoms with Crippen molar-refractivity contribution in [3.05, 3.63) is 182 Å². The minimum absolute atomic E-state index is 0.869. The van der Waals surface area contributed by atoms with E-state index >= 15 is 0 Å². The predicted octanol–water partition coefficient (Wildman–Crippen LogP) is 8.38. The summed E-state index contributed by atoms with van der Waals surface area (Å²) in [6, 6.07) is 58.6. The maximum Gasteiger partial charge on any atom is 0.631 e. The van der Waals surface area contributed by atoms with Crippen LogP contribution in [0, 0.1) is 0 Å². The first-order chi connectivity index (χ1) is 21.1. The number of hydrogen-bond donors (Lipinski definition) is 3. The number of para-hydroxylation sites is 6. The van der Waals surface area contributed by atoms with E-state index in [9.17, 15) is 0 Å². The van der Waals surface area contributed by atoms with Crippen molar-refractivity contribution < 1.29 is 29.3 Å². The van der Waals surface area contributed by atoms with Crippen molar-refractivity contribution in [1.82, 2.24) is 0 Å². The summed E-state index contributed by atoms with van der Waals surface area (Å²) >= 11 is 0. The van der Waals surface area contributed by atoms with Gasteiger partial charge < -0.3 is 29.3 Å². The molecule has 6 nitrogen and oxygen atoms in total. The summed E-state index contributed by atoms with van der Waals surface area (Å²) in [4.78, 5) is 0. The highest BCUT2D eigenvalue weighted by molar-refractivity contribution is 6.30. The van der Waals surface area contributed by atoms with Crippen molar-refractivity contribution in [3.8, 4) is 34.5 Å². The first-order valence-electron chi connectivity index (χ1n) is 13.5. The molecule has 0 aliphatic heterocycles. The Balaban J connectivity index is 0.000000166. The fourth-order valence-electron chi connectivity index (χ4n) is 3.34. The third kappa shape index (κ3) is 14.7. The second kappa shape index (κ2) is 19.7. The Morgan fingerprint density at radius 3 is 0.488 bits per heavy atom. The zero-order chi connectivity index (χ0) is 30.4. The standard InChI is InChI=1S/3C12H10O.BH3O3/c3*1-3-7-11(8-4-1)13-12-9-5-2-6-10-12;2-1(3)4/h3*1-10H;2-4H. The van der Waals surface area contributed by atoms with Crippen LogP contribution in [0.5, 0.6) is 34.5 Å². The highest BCUT2D eigenvalue weighted by atomic mass is 16.5. The van der Waals surface area contributed by atoms with Gasteiger partial charge in [-0.2, -0.15) is 0 Å². The van der Waals surface area contributed by atoms with E-state index in [0.29, 0.717) is 0 Å². The maximum atomic E-state index is 7.17. The van der Waals surface area contributed by atoms with Gasteiger partial charge in [-0.15, -0.1) is 0 Å². The van der Waals surface area contributed by atoms with E-state index in [4.69, 9.17) is 29.3 Å². The molecule has 3 N–H and O–H groups in total. The van der Waals surface area contributed by atoms with Crippen molar-refractivity contribution in [1.29, 1.82) is 0 Å². The molecule has 0 aromatic heterocycles. The first-order valence-corrected chi connectivity index (χ1v) is 13.5. The Hall–Kier alpha value is -5.34. The Kier molecular flexibility index (Phi) is 14.7. The molecule has 0 saturated heterocycles. The molecule has 0 radical (unpaired) electrons. The molecule has 0 aliphatic carbocycles. The molecule has 6 rings (SSSR count). The molecule has 7 heteroatoms. The number of benzene rings is 6. The fraction of sp³-hybridized carbons (Fsp3) is 0. The van der Waals surface area contributed by atoms with Crippen LogP contribution >= 0.6 is 0 Å². The van der Waals surface area contributed by atoms with Crippen LogP contribution in [-0.4, -0.2) is 22.4 Å². The quantitative estimate of drug-likeness (QED) is 0.174. The molecule has 0 spiro atoms. The highest BCUT2D eigenvalue weighted by Crippen LogP contribution is 2.21. The summed E-state index contributed by atoms with van der Waals surface area (Å²) < 4.78 is 16.7. The van der Waals surface area contributed by atoms with Gasteiger partial charge in [0.15, 0.2) is 0 Å². The monoisotopic (exact) mass is 572 g/mol. The molecule has 0 heterocycles. The van der Waals surface area contributed by atoms with Crippen LogP contribution in [0.25, 0.3) is 0 Å². The zero-order valence-electron chi connectivity index (χ0n) is 23.5. The molecule has 0 bridgehead atoms. The van der Waals surface area contributed by atoms with Crippen LogP contribution < -0.4 is 14.2 Å². The number of ether oxygens (including phenoxy) is 3. The average Bonchev–Trinajstić information content (AvgIpc) is 3.05. The highest BCUT2D eigenvalue weighted by Gasteiger charge is 1.95. The van der Waals surface area contributed by atoms with Gasteiger partial charge in [0.2, 0.25) is 0 Å². The van der Waals surface area contributed by atoms with E-state index in [1.165, 1.54) is 0 Å². The largest absolute Gasteiger partial charge is 0.631 e. The lowest BCUT2D eigenvalue weighted by molar-refractivity contribution is 0.278. The van der Waals surface area contributed by atoms with E-state index in [1.807, 2.05) is 182 Å². The molecule has 216 valence electrons. The van der Waals surface area contributed by atoms with Gasteiger partial charge in [0, 0.05) is 0 Å². The normalized spacial score (nSPS) is 9.28. The molecule has 0 unspecified atom stereocenters. The molecule has 6 aromatic carbocycles. The summed E-state index contributed by atoms with van der Waals surface area (Å²) in [5, 5.41) is 21.5. The Labute approximate surface area is 252 Å². The van der Waals surface area contributed by atoms with Gasteiger partial charge in [0.1, 0.15) is 34.5 Å². The predicted molar refractivity (Wildman–Crippen MR) is 171 cm³/mol. The summed E-state index contributed by atoms with van der Waals surface area (Å²) in [5.74, 6) is 5.22. The average molecular weight is 572 g/mol. The SMILES string of the molecule is OB(O)O.c1ccc(Oc2ccccc2)cc1.c1ccc(Oc2ccccc2)cc1.c1ccc(Oc2ccccc2)cc1. The van der Waals surface area contributed by atoms with Gasteiger partial charge in [-0.25, -0.2) is 0 Å². The van der Waals surface area contributed by atoms with E-state index in [2.05, 4.69) is 0 Å². The minimum Gasteiger partial charge on any atom is -0.457 e. The molecular weight excluding hydrogens is 539 g/mol. The first kappa shape index (κ1) is 32.2. The molecule has 0 fully saturated rings. The molecule has 0 saturated carbocycles. The van der Waals surface area contributed by atoms with Crippen molar-refractivity contribution >= 4 is 7.32 Å². The summed E-state index contributed by atoms with van der Waals surface area (Å²) in [5.41, 5.74) is 0. The van der Waals surface area contributed by atoms with Crippen LogP contribution in [0.3, 0.4) is 0 Å². The van der Waals surface area contributed by atoms with E-state index in [0.717, 1.165) is 34.5 Å². The maximum absolute atomic E-state index is 7.17. The third-order valence-corrected chi connectivity index (χ3v) is 5.17. The number of hydrogen-bond acceptors (Lipinski definition) is 6.